The number of ether oxygens (including phenoxy) is 1. The fraction of sp³-hybridized carbons (Fsp3) is 0.292. The summed E-state index contributed by atoms with van der Waals surface area (Å²) in [6.07, 6.45) is 0.878. The van der Waals surface area contributed by atoms with Crippen molar-refractivity contribution in [3.8, 4) is 17.2 Å². The minimum absolute atomic E-state index is 0.191. The number of carbonyl (C=O) groups excluding carboxylic acids is 2. The third-order valence-corrected chi connectivity index (χ3v) is 6.00. The largest absolute Gasteiger partial charge is 0.496 e. The van der Waals surface area contributed by atoms with Crippen LogP contribution in [0, 0.1) is 6.92 Å². The minimum atomic E-state index is -0.857. The Morgan fingerprint density at radius 1 is 1.06 bits per heavy atom. The molecule has 2 aliphatic rings. The number of benzene rings is 2. The molecule has 0 saturated carbocycles. The summed E-state index contributed by atoms with van der Waals surface area (Å²) in [5, 5.41) is 9.73. The van der Waals surface area contributed by atoms with Crippen LogP contribution in [0.5, 0.6) is 5.75 Å². The normalized spacial score (nSPS) is 19.5. The molecule has 0 N–H and O–H groups in total. The third-order valence-electron chi connectivity index (χ3n) is 6.00. The number of oxazole rings is 1. The van der Waals surface area contributed by atoms with Gasteiger partial charge in [-0.1, -0.05) is 36.4 Å². The Morgan fingerprint density at radius 3 is 2.55 bits per heavy atom. The summed E-state index contributed by atoms with van der Waals surface area (Å²) in [5.74, 6) is 0.947. The van der Waals surface area contributed by atoms with Crippen molar-refractivity contribution < 1.29 is 18.7 Å². The van der Waals surface area contributed by atoms with Crippen LogP contribution < -0.4 is 9.64 Å². The maximum absolute atomic E-state index is 13.2. The number of hydrogen-bond acceptors (Lipinski definition) is 8. The van der Waals surface area contributed by atoms with E-state index in [4.69, 9.17) is 9.15 Å². The van der Waals surface area contributed by atoms with E-state index in [9.17, 15) is 9.59 Å². The van der Waals surface area contributed by atoms with Gasteiger partial charge in [0, 0.05) is 0 Å². The van der Waals surface area contributed by atoms with Gasteiger partial charge in [0.1, 0.15) is 17.2 Å². The first-order valence-electron chi connectivity index (χ1n) is 10.8. The second kappa shape index (κ2) is 8.16. The topological polar surface area (TPSA) is 101 Å². The number of nitrogens with zero attached hydrogens (tertiary/aromatic N) is 5. The molecule has 1 fully saturated rings. The van der Waals surface area contributed by atoms with Gasteiger partial charge in [0.2, 0.25) is 5.89 Å². The van der Waals surface area contributed by atoms with Gasteiger partial charge in [0.15, 0.2) is 12.1 Å². The van der Waals surface area contributed by atoms with Crippen LogP contribution in [0.25, 0.3) is 11.5 Å². The lowest BCUT2D eigenvalue weighted by atomic mass is 10.1. The Bertz CT molecular complexity index is 1250. The summed E-state index contributed by atoms with van der Waals surface area (Å²) in [6.45, 7) is 4.04. The monoisotopic (exact) mass is 445 g/mol. The number of aromatic nitrogens is 1. The standard InChI is InChI=1S/C24H23N5O4/c1-4-15-9-11-16(12-10-15)29-23(30)20-21(24(29)31)28(27-26-20)13-18-14(2)33-22(25-18)17-7-5-6-8-19(17)32-3/h5-12,20-21H,4,13H2,1-3H3. The van der Waals surface area contributed by atoms with Crippen LogP contribution in [-0.2, 0) is 22.6 Å². The second-order valence-electron chi connectivity index (χ2n) is 7.95. The highest BCUT2D eigenvalue weighted by Crippen LogP contribution is 2.35. The number of para-hydroxylation sites is 1. The van der Waals surface area contributed by atoms with Crippen molar-refractivity contribution >= 4 is 17.5 Å². The highest BCUT2D eigenvalue weighted by atomic mass is 16.5. The zero-order valence-electron chi connectivity index (χ0n) is 18.6. The lowest BCUT2D eigenvalue weighted by Gasteiger charge is -2.20. The van der Waals surface area contributed by atoms with E-state index in [-0.39, 0.29) is 18.4 Å². The van der Waals surface area contributed by atoms with Crippen LogP contribution in [0.15, 0.2) is 63.3 Å². The van der Waals surface area contributed by atoms with Crippen molar-refractivity contribution in [1.29, 1.82) is 0 Å². The lowest BCUT2D eigenvalue weighted by molar-refractivity contribution is -0.123. The van der Waals surface area contributed by atoms with E-state index < -0.39 is 12.1 Å². The van der Waals surface area contributed by atoms with Crippen LogP contribution in [0.2, 0.25) is 0 Å². The molecule has 0 aliphatic carbocycles. The molecule has 2 atom stereocenters. The molecule has 1 saturated heterocycles. The number of imide groups is 1. The Balaban J connectivity index is 1.39. The van der Waals surface area contributed by atoms with Crippen LogP contribution in [0.4, 0.5) is 5.69 Å². The second-order valence-corrected chi connectivity index (χ2v) is 7.95. The fourth-order valence-electron chi connectivity index (χ4n) is 4.15. The maximum Gasteiger partial charge on any atom is 0.263 e. The van der Waals surface area contributed by atoms with Gasteiger partial charge in [-0.2, -0.15) is 5.11 Å². The Kier molecular flexibility index (Phi) is 5.16. The van der Waals surface area contributed by atoms with Gasteiger partial charge < -0.3 is 9.15 Å². The molecule has 3 heterocycles. The Hall–Kier alpha value is -4.01. The summed E-state index contributed by atoms with van der Waals surface area (Å²) >= 11 is 0. The first kappa shape index (κ1) is 20.9. The quantitative estimate of drug-likeness (QED) is 0.536. The molecular weight excluding hydrogens is 422 g/mol. The van der Waals surface area contributed by atoms with Crippen LogP contribution in [0.3, 0.4) is 0 Å². The van der Waals surface area contributed by atoms with Gasteiger partial charge in [-0.3, -0.25) is 14.6 Å². The summed E-state index contributed by atoms with van der Waals surface area (Å²) < 4.78 is 11.3. The number of rotatable bonds is 6. The highest BCUT2D eigenvalue weighted by molar-refractivity contribution is 6.25. The van der Waals surface area contributed by atoms with Crippen LogP contribution in [0.1, 0.15) is 23.9 Å². The summed E-state index contributed by atoms with van der Waals surface area (Å²) in [7, 11) is 1.59. The summed E-state index contributed by atoms with van der Waals surface area (Å²) in [6, 6.07) is 13.2. The van der Waals surface area contributed by atoms with E-state index in [1.165, 1.54) is 9.91 Å². The fourth-order valence-corrected chi connectivity index (χ4v) is 4.15. The van der Waals surface area contributed by atoms with Crippen molar-refractivity contribution in [2.75, 3.05) is 12.0 Å². The van der Waals surface area contributed by atoms with Gasteiger partial charge in [-0.25, -0.2) is 9.88 Å². The molecule has 168 valence electrons. The zero-order valence-corrected chi connectivity index (χ0v) is 18.6. The predicted octanol–water partition coefficient (Wildman–Crippen LogP) is 3.71. The van der Waals surface area contributed by atoms with E-state index in [1.54, 1.807) is 26.2 Å². The number of anilines is 1. The van der Waals surface area contributed by atoms with E-state index >= 15 is 0 Å². The molecule has 0 radical (unpaired) electrons. The minimum Gasteiger partial charge on any atom is -0.496 e. The summed E-state index contributed by atoms with van der Waals surface area (Å²) in [5.41, 5.74) is 3.01. The van der Waals surface area contributed by atoms with E-state index in [2.05, 4.69) is 22.2 Å². The van der Waals surface area contributed by atoms with Crippen molar-refractivity contribution in [1.82, 2.24) is 9.99 Å². The van der Waals surface area contributed by atoms with Crippen molar-refractivity contribution in [3.05, 3.63) is 65.5 Å². The number of aryl methyl sites for hydroxylation is 2. The molecular formula is C24H23N5O4. The summed E-state index contributed by atoms with van der Waals surface area (Å²) in [4.78, 5) is 32.0. The molecule has 9 heteroatoms. The van der Waals surface area contributed by atoms with E-state index in [0.717, 1.165) is 17.5 Å². The van der Waals surface area contributed by atoms with Gasteiger partial charge in [0.05, 0.1) is 24.9 Å². The smallest absolute Gasteiger partial charge is 0.263 e. The molecule has 9 nitrogen and oxygen atoms in total. The Labute approximate surface area is 190 Å². The first-order valence-corrected chi connectivity index (χ1v) is 10.8. The molecule has 2 amide bonds. The number of amides is 2. The number of methoxy groups -OCH3 is 1. The van der Waals surface area contributed by atoms with Gasteiger partial charge in [0.25, 0.3) is 11.8 Å². The molecule has 3 aromatic rings. The number of hydrogen-bond donors (Lipinski definition) is 0. The van der Waals surface area contributed by atoms with Gasteiger partial charge in [-0.15, -0.1) is 0 Å². The van der Waals surface area contributed by atoms with Crippen molar-refractivity contribution in [3.63, 3.8) is 0 Å². The van der Waals surface area contributed by atoms with Crippen molar-refractivity contribution in [2.24, 2.45) is 10.3 Å². The average Bonchev–Trinajstić information content (AvgIpc) is 3.49. The lowest BCUT2D eigenvalue weighted by Crippen LogP contribution is -2.39. The highest BCUT2D eigenvalue weighted by Gasteiger charge is 2.54. The number of carbonyl (C=O) groups is 2. The molecule has 5 rings (SSSR count). The maximum atomic E-state index is 13.2. The molecule has 2 aromatic carbocycles. The van der Waals surface area contributed by atoms with Crippen molar-refractivity contribution in [2.45, 2.75) is 38.9 Å². The molecule has 0 bridgehead atoms. The SMILES string of the molecule is CCc1ccc(N2C(=O)C3N=NN(Cc4nc(-c5ccccc5OC)oc4C)C3C2=O)cc1. The third kappa shape index (κ3) is 3.45. The molecule has 2 aliphatic heterocycles. The van der Waals surface area contributed by atoms with Crippen LogP contribution in [-0.4, -0.2) is 41.0 Å². The van der Waals surface area contributed by atoms with E-state index in [1.807, 2.05) is 36.4 Å². The molecule has 2 unspecified atom stereocenters. The molecule has 0 spiro atoms. The van der Waals surface area contributed by atoms with Gasteiger partial charge in [-0.05, 0) is 43.2 Å². The van der Waals surface area contributed by atoms with E-state index in [0.29, 0.717) is 28.8 Å². The predicted molar refractivity (Wildman–Crippen MR) is 120 cm³/mol. The first-order chi connectivity index (χ1) is 16.0. The number of fused-ring (bicyclic) bond motifs is 1. The zero-order chi connectivity index (χ0) is 23.1. The average molecular weight is 445 g/mol. The van der Waals surface area contributed by atoms with Crippen LogP contribution >= 0.6 is 0 Å². The Morgan fingerprint density at radius 2 is 1.82 bits per heavy atom. The molecule has 1 aromatic heterocycles. The molecule has 33 heavy (non-hydrogen) atoms. The van der Waals surface area contributed by atoms with Gasteiger partial charge >= 0.3 is 0 Å².